The van der Waals surface area contributed by atoms with E-state index in [1.165, 1.54) is 0 Å². The maximum Gasteiger partial charge on any atom is 0.295 e. The third-order valence-corrected chi connectivity index (χ3v) is 5.48. The van der Waals surface area contributed by atoms with Crippen LogP contribution in [-0.4, -0.2) is 70.1 Å². The van der Waals surface area contributed by atoms with Gasteiger partial charge in [-0.2, -0.15) is 5.10 Å². The van der Waals surface area contributed by atoms with Gasteiger partial charge in [0.05, 0.1) is 29.0 Å². The summed E-state index contributed by atoms with van der Waals surface area (Å²) in [5.41, 5.74) is 2.49. The molecule has 1 aromatic carbocycles. The zero-order valence-corrected chi connectivity index (χ0v) is 19.6. The van der Waals surface area contributed by atoms with E-state index in [1.54, 1.807) is 18.7 Å². The van der Waals surface area contributed by atoms with E-state index in [-0.39, 0.29) is 17.4 Å². The largest absolute Gasteiger partial charge is 0.507 e. The highest BCUT2D eigenvalue weighted by molar-refractivity contribution is 6.46. The van der Waals surface area contributed by atoms with E-state index in [0.29, 0.717) is 35.7 Å². The molecule has 32 heavy (non-hydrogen) atoms. The highest BCUT2D eigenvalue weighted by Gasteiger charge is 2.46. The summed E-state index contributed by atoms with van der Waals surface area (Å²) >= 11 is 0. The molecule has 2 aromatic rings. The third-order valence-electron chi connectivity index (χ3n) is 5.48. The fourth-order valence-electron chi connectivity index (χ4n) is 4.05. The number of nitrogens with zero attached hydrogens (tertiary/aromatic N) is 3. The van der Waals surface area contributed by atoms with Crippen LogP contribution >= 0.6 is 0 Å². The van der Waals surface area contributed by atoms with Crippen LogP contribution in [0.4, 0.5) is 0 Å². The Morgan fingerprint density at radius 2 is 1.88 bits per heavy atom. The molecule has 8 heteroatoms. The van der Waals surface area contributed by atoms with Gasteiger partial charge in [0.25, 0.3) is 11.7 Å². The summed E-state index contributed by atoms with van der Waals surface area (Å²) in [6, 6.07) is 6.65. The van der Waals surface area contributed by atoms with E-state index in [2.05, 4.69) is 10.2 Å². The van der Waals surface area contributed by atoms with Crippen molar-refractivity contribution in [1.82, 2.24) is 20.0 Å². The average Bonchev–Trinajstić information content (AvgIpc) is 3.18. The van der Waals surface area contributed by atoms with E-state index >= 15 is 0 Å². The van der Waals surface area contributed by atoms with Crippen LogP contribution in [-0.2, 0) is 9.59 Å². The summed E-state index contributed by atoms with van der Waals surface area (Å²) in [5.74, 6) is -0.777. The number of amides is 1. The molecule has 1 aliphatic heterocycles. The first-order valence-electron chi connectivity index (χ1n) is 10.8. The van der Waals surface area contributed by atoms with Crippen LogP contribution in [0, 0.1) is 13.8 Å². The number of aromatic amines is 1. The predicted octanol–water partition coefficient (Wildman–Crippen LogP) is 3.19. The van der Waals surface area contributed by atoms with Gasteiger partial charge < -0.3 is 19.6 Å². The molecule has 1 saturated heterocycles. The first kappa shape index (κ1) is 23.5. The van der Waals surface area contributed by atoms with Crippen molar-refractivity contribution < 1.29 is 19.4 Å². The number of Topliss-reactive ketones (excluding diaryl/α,β-unsaturated/α-hetero) is 1. The van der Waals surface area contributed by atoms with Crippen LogP contribution in [0.15, 0.2) is 29.8 Å². The molecule has 1 fully saturated rings. The molecule has 3 rings (SSSR count). The molecule has 2 N–H and O–H groups in total. The van der Waals surface area contributed by atoms with Crippen molar-refractivity contribution in [3.8, 4) is 5.75 Å². The van der Waals surface area contributed by atoms with Crippen LogP contribution in [0.2, 0.25) is 0 Å². The van der Waals surface area contributed by atoms with Gasteiger partial charge in [0.1, 0.15) is 11.5 Å². The molecule has 0 bridgehead atoms. The second-order valence-corrected chi connectivity index (χ2v) is 8.69. The minimum atomic E-state index is -0.682. The highest BCUT2D eigenvalue weighted by Crippen LogP contribution is 2.40. The lowest BCUT2D eigenvalue weighted by Crippen LogP contribution is -2.32. The van der Waals surface area contributed by atoms with Gasteiger partial charge in [-0.1, -0.05) is 12.1 Å². The Bertz CT molecular complexity index is 1000. The summed E-state index contributed by atoms with van der Waals surface area (Å²) in [6.07, 6.45) is 0.735. The lowest BCUT2D eigenvalue weighted by Gasteiger charge is -2.26. The lowest BCUT2D eigenvalue weighted by atomic mass is 9.94. The van der Waals surface area contributed by atoms with Gasteiger partial charge in [-0.25, -0.2) is 0 Å². The normalized spacial score (nSPS) is 18.2. The monoisotopic (exact) mass is 440 g/mol. The standard InChI is InChI=1S/C24H32N4O4/c1-14(2)32-18-10-8-17(9-11-18)21-20(22(29)19-15(3)25-26-16(19)4)23(30)24(31)28(21)13-7-12-27(5)6/h8-11,14,21,29H,7,12-13H2,1-6H3,(H,25,26)/t21-/m1/s1. The van der Waals surface area contributed by atoms with Gasteiger partial charge in [0.15, 0.2) is 0 Å². The topological polar surface area (TPSA) is 98.8 Å². The number of ketones is 1. The Hall–Kier alpha value is -3.13. The molecule has 0 aliphatic carbocycles. The molecule has 172 valence electrons. The molecule has 2 heterocycles. The minimum Gasteiger partial charge on any atom is -0.507 e. The maximum atomic E-state index is 13.1. The quantitative estimate of drug-likeness (QED) is 0.372. The summed E-state index contributed by atoms with van der Waals surface area (Å²) in [7, 11) is 3.92. The van der Waals surface area contributed by atoms with Crippen molar-refractivity contribution >= 4 is 17.4 Å². The number of aliphatic hydroxyl groups is 1. The highest BCUT2D eigenvalue weighted by atomic mass is 16.5. The number of hydrogen-bond donors (Lipinski definition) is 2. The van der Waals surface area contributed by atoms with E-state index in [0.717, 1.165) is 12.1 Å². The number of aliphatic hydroxyl groups excluding tert-OH is 1. The third kappa shape index (κ3) is 4.70. The molecule has 0 unspecified atom stereocenters. The van der Waals surface area contributed by atoms with Crippen molar-refractivity contribution in [3.63, 3.8) is 0 Å². The van der Waals surface area contributed by atoms with E-state index in [1.807, 2.05) is 57.1 Å². The number of hydrogen-bond acceptors (Lipinski definition) is 6. The maximum absolute atomic E-state index is 13.1. The second-order valence-electron chi connectivity index (χ2n) is 8.69. The van der Waals surface area contributed by atoms with Gasteiger partial charge in [-0.15, -0.1) is 0 Å². The SMILES string of the molecule is Cc1n[nH]c(C)c1C(O)=C1C(=O)C(=O)N(CCCN(C)C)[C@@H]1c1ccc(OC(C)C)cc1. The van der Waals surface area contributed by atoms with Crippen molar-refractivity contribution in [2.45, 2.75) is 46.3 Å². The Labute approximate surface area is 188 Å². The van der Waals surface area contributed by atoms with E-state index in [4.69, 9.17) is 4.74 Å². The summed E-state index contributed by atoms with van der Waals surface area (Å²) in [5, 5.41) is 18.1. The average molecular weight is 441 g/mol. The molecule has 0 spiro atoms. The molecule has 8 nitrogen and oxygen atoms in total. The first-order valence-corrected chi connectivity index (χ1v) is 10.8. The number of benzene rings is 1. The molecule has 0 saturated carbocycles. The van der Waals surface area contributed by atoms with Gasteiger partial charge in [0, 0.05) is 12.2 Å². The van der Waals surface area contributed by atoms with Gasteiger partial charge in [-0.05, 0) is 72.5 Å². The number of ether oxygens (including phenoxy) is 1. The number of rotatable bonds is 8. The van der Waals surface area contributed by atoms with Crippen molar-refractivity contribution in [2.75, 3.05) is 27.2 Å². The number of H-pyrrole nitrogens is 1. The molecular weight excluding hydrogens is 408 g/mol. The predicted molar refractivity (Wildman–Crippen MR) is 122 cm³/mol. The Morgan fingerprint density at radius 3 is 2.41 bits per heavy atom. The molecule has 1 amide bonds. The van der Waals surface area contributed by atoms with Crippen LogP contribution < -0.4 is 4.74 Å². The number of nitrogens with one attached hydrogen (secondary N) is 1. The number of aryl methyl sites for hydroxylation is 2. The fourth-order valence-corrected chi connectivity index (χ4v) is 4.05. The molecular formula is C24H32N4O4. The number of aromatic nitrogens is 2. The smallest absolute Gasteiger partial charge is 0.295 e. The first-order chi connectivity index (χ1) is 15.1. The molecule has 1 aromatic heterocycles. The van der Waals surface area contributed by atoms with Crippen LogP contribution in [0.25, 0.3) is 5.76 Å². The minimum absolute atomic E-state index is 0.0320. The summed E-state index contributed by atoms with van der Waals surface area (Å²) < 4.78 is 5.73. The van der Waals surface area contributed by atoms with Crippen molar-refractivity contribution in [1.29, 1.82) is 0 Å². The van der Waals surface area contributed by atoms with E-state index < -0.39 is 17.7 Å². The molecule has 1 aliphatic rings. The Kier molecular flexibility index (Phi) is 7.03. The number of carbonyl (C=O) groups excluding carboxylic acids is 2. The lowest BCUT2D eigenvalue weighted by molar-refractivity contribution is -0.139. The van der Waals surface area contributed by atoms with Crippen molar-refractivity contribution in [2.24, 2.45) is 0 Å². The van der Waals surface area contributed by atoms with Crippen molar-refractivity contribution in [3.05, 3.63) is 52.4 Å². The van der Waals surface area contributed by atoms with Gasteiger partial charge >= 0.3 is 0 Å². The molecule has 0 radical (unpaired) electrons. The number of likely N-dealkylation sites (tertiary alicyclic amines) is 1. The van der Waals surface area contributed by atoms with E-state index in [9.17, 15) is 14.7 Å². The Balaban J connectivity index is 2.08. The summed E-state index contributed by atoms with van der Waals surface area (Å²) in [4.78, 5) is 29.7. The molecule has 1 atom stereocenters. The van der Waals surface area contributed by atoms with Crippen LogP contribution in [0.5, 0.6) is 5.75 Å². The zero-order chi connectivity index (χ0) is 23.6. The van der Waals surface area contributed by atoms with Gasteiger partial charge in [0.2, 0.25) is 0 Å². The zero-order valence-electron chi connectivity index (χ0n) is 19.6. The second kappa shape index (κ2) is 9.56. The Morgan fingerprint density at radius 1 is 1.22 bits per heavy atom. The summed E-state index contributed by atoms with van der Waals surface area (Å²) in [6.45, 7) is 8.59. The van der Waals surface area contributed by atoms with Crippen LogP contribution in [0.3, 0.4) is 0 Å². The van der Waals surface area contributed by atoms with Crippen LogP contribution in [0.1, 0.15) is 48.8 Å². The van der Waals surface area contributed by atoms with Gasteiger partial charge in [-0.3, -0.25) is 14.7 Å². The fraction of sp³-hybridized carbons (Fsp3) is 0.458. The number of carbonyl (C=O) groups is 2.